The number of hydrogen-bond donors (Lipinski definition) is 0. The van der Waals surface area contributed by atoms with E-state index in [0.29, 0.717) is 4.20 Å². The van der Waals surface area contributed by atoms with Gasteiger partial charge in [-0.15, -0.1) is 0 Å². The van der Waals surface area contributed by atoms with Crippen molar-refractivity contribution in [2.45, 2.75) is 63.3 Å². The zero-order chi connectivity index (χ0) is 19.2. The number of β-lactam (4-membered cyclic amide) rings is 1. The summed E-state index contributed by atoms with van der Waals surface area (Å²) < 4.78 is 12.0. The van der Waals surface area contributed by atoms with Crippen LogP contribution < -0.4 is 0 Å². The number of nitrogens with zero attached hydrogens (tertiary/aromatic N) is 1. The molecule has 2 fully saturated rings. The van der Waals surface area contributed by atoms with Crippen molar-refractivity contribution in [1.82, 2.24) is 4.90 Å². The van der Waals surface area contributed by atoms with E-state index in [1.165, 1.54) is 17.8 Å². The van der Waals surface area contributed by atoms with E-state index in [1.807, 2.05) is 6.92 Å². The molecule has 1 unspecified atom stereocenters. The van der Waals surface area contributed by atoms with Gasteiger partial charge in [0, 0.05) is 0 Å². The van der Waals surface area contributed by atoms with E-state index >= 15 is 0 Å². The number of carbonyl (C=O) groups is 2. The molecule has 8 heteroatoms. The number of hydrogen-bond acceptors (Lipinski definition) is 6. The van der Waals surface area contributed by atoms with Gasteiger partial charge >= 0.3 is 5.97 Å². The number of ether oxygens (including phenoxy) is 1. The summed E-state index contributed by atoms with van der Waals surface area (Å²) in [5, 5.41) is -0.0656. The highest BCUT2D eigenvalue weighted by atomic mass is 32.2. The quantitative estimate of drug-likeness (QED) is 0.224. The molecule has 2 aliphatic heterocycles. The standard InChI is InChI=1S/C17H27NO4S2Si/c1-8-9-21-15(20)12-16(23)24-14-11(13(19)18(12)14)10(2)22-25(6,7)17(3,4)5/h8,10-12,14H,1,9H2,2-7H3/t10-,11+,12?,14-/m1/s1. The van der Waals surface area contributed by atoms with Crippen LogP contribution in [0.25, 0.3) is 0 Å². The van der Waals surface area contributed by atoms with E-state index in [1.54, 1.807) is 4.90 Å². The lowest BCUT2D eigenvalue weighted by atomic mass is 9.91. The van der Waals surface area contributed by atoms with Crippen molar-refractivity contribution >= 4 is 48.4 Å². The smallest absolute Gasteiger partial charge is 0.335 e. The van der Waals surface area contributed by atoms with Gasteiger partial charge in [0.1, 0.15) is 6.61 Å². The second-order valence-corrected chi connectivity index (χ2v) is 14.6. The zero-order valence-electron chi connectivity index (χ0n) is 15.7. The number of rotatable bonds is 6. The third-order valence-electron chi connectivity index (χ3n) is 5.22. The van der Waals surface area contributed by atoms with Gasteiger partial charge in [0.2, 0.25) is 5.91 Å². The minimum atomic E-state index is -1.98. The molecule has 2 saturated heterocycles. The molecule has 140 valence electrons. The molecule has 25 heavy (non-hydrogen) atoms. The van der Waals surface area contributed by atoms with Crippen LogP contribution in [0.1, 0.15) is 27.7 Å². The summed E-state index contributed by atoms with van der Waals surface area (Å²) in [5.74, 6) is -0.831. The average Bonchev–Trinajstić information content (AvgIpc) is 2.76. The molecule has 0 radical (unpaired) electrons. The van der Waals surface area contributed by atoms with Gasteiger partial charge in [-0.1, -0.05) is 57.4 Å². The topological polar surface area (TPSA) is 55.8 Å². The fourth-order valence-electron chi connectivity index (χ4n) is 2.79. The van der Waals surface area contributed by atoms with Crippen LogP contribution in [-0.4, -0.2) is 53.4 Å². The molecule has 0 aliphatic carbocycles. The third-order valence-corrected chi connectivity index (χ3v) is 11.5. The summed E-state index contributed by atoms with van der Waals surface area (Å²) in [4.78, 5) is 26.5. The first-order chi connectivity index (χ1) is 11.4. The highest BCUT2D eigenvalue weighted by Gasteiger charge is 2.61. The summed E-state index contributed by atoms with van der Waals surface area (Å²) in [6.45, 7) is 16.5. The fourth-order valence-corrected chi connectivity index (χ4v) is 6.12. The molecule has 2 heterocycles. The van der Waals surface area contributed by atoms with Gasteiger partial charge in [-0.05, 0) is 25.1 Å². The van der Waals surface area contributed by atoms with Crippen molar-refractivity contribution in [2.24, 2.45) is 5.92 Å². The highest BCUT2D eigenvalue weighted by molar-refractivity contribution is 8.24. The second kappa shape index (κ2) is 7.13. The number of fused-ring (bicyclic) bond motifs is 1. The maximum absolute atomic E-state index is 12.7. The summed E-state index contributed by atoms with van der Waals surface area (Å²) >= 11 is 6.74. The van der Waals surface area contributed by atoms with Gasteiger partial charge in [-0.3, -0.25) is 4.79 Å². The van der Waals surface area contributed by atoms with E-state index < -0.39 is 20.3 Å². The largest absolute Gasteiger partial charge is 0.460 e. The minimum Gasteiger partial charge on any atom is -0.460 e. The number of amides is 1. The SMILES string of the molecule is C=CCOC(=O)C1C(=S)S[C@@H]2[C@@H]([C@@H](C)O[Si](C)(C)C(C)(C)C)C(=O)N12. The summed E-state index contributed by atoms with van der Waals surface area (Å²) in [6, 6.07) is -0.770. The molecule has 4 atom stereocenters. The normalized spacial score (nSPS) is 27.6. The lowest BCUT2D eigenvalue weighted by Crippen LogP contribution is -2.65. The molecule has 1 amide bonds. The number of thiocarbonyl (C=S) groups is 1. The van der Waals surface area contributed by atoms with E-state index in [-0.39, 0.29) is 34.9 Å². The van der Waals surface area contributed by atoms with Crippen LogP contribution in [0.15, 0.2) is 12.7 Å². The van der Waals surface area contributed by atoms with E-state index in [0.717, 1.165) is 0 Å². The Morgan fingerprint density at radius 2 is 2.08 bits per heavy atom. The lowest BCUT2D eigenvalue weighted by molar-refractivity contribution is -0.166. The Hall–Kier alpha value is -0.703. The lowest BCUT2D eigenvalue weighted by Gasteiger charge is -2.48. The molecule has 0 aromatic rings. The maximum atomic E-state index is 12.7. The van der Waals surface area contributed by atoms with Gasteiger partial charge in [0.05, 0.1) is 21.6 Å². The highest BCUT2D eigenvalue weighted by Crippen LogP contribution is 2.48. The molecule has 0 aromatic heterocycles. The first-order valence-electron chi connectivity index (χ1n) is 8.40. The Balaban J connectivity index is 2.09. The first-order valence-corrected chi connectivity index (χ1v) is 12.6. The number of thioether (sulfide) groups is 1. The molecule has 0 spiro atoms. The van der Waals surface area contributed by atoms with Crippen molar-refractivity contribution in [3.8, 4) is 0 Å². The molecule has 0 bridgehead atoms. The average molecular weight is 402 g/mol. The van der Waals surface area contributed by atoms with Crippen molar-refractivity contribution in [2.75, 3.05) is 6.61 Å². The van der Waals surface area contributed by atoms with Crippen LogP contribution in [0.2, 0.25) is 18.1 Å². The maximum Gasteiger partial charge on any atom is 0.335 e. The van der Waals surface area contributed by atoms with Crippen LogP contribution in [0.4, 0.5) is 0 Å². The molecule has 2 aliphatic rings. The monoisotopic (exact) mass is 401 g/mol. The Labute approximate surface area is 160 Å². The van der Waals surface area contributed by atoms with Crippen molar-refractivity contribution in [3.63, 3.8) is 0 Å². The van der Waals surface area contributed by atoms with Crippen molar-refractivity contribution < 1.29 is 18.8 Å². The molecule has 5 nitrogen and oxygen atoms in total. The number of carbonyl (C=O) groups excluding carboxylic acids is 2. The molecular weight excluding hydrogens is 374 g/mol. The van der Waals surface area contributed by atoms with Crippen LogP contribution in [0.3, 0.4) is 0 Å². The molecule has 0 aromatic carbocycles. The Morgan fingerprint density at radius 3 is 2.60 bits per heavy atom. The predicted octanol–water partition coefficient (Wildman–Crippen LogP) is 3.35. The number of esters is 1. The first kappa shape index (κ1) is 20.6. The fraction of sp³-hybridized carbons (Fsp3) is 0.706. The Morgan fingerprint density at radius 1 is 1.48 bits per heavy atom. The minimum absolute atomic E-state index is 0.0723. The zero-order valence-corrected chi connectivity index (χ0v) is 18.3. The summed E-state index contributed by atoms with van der Waals surface area (Å²) in [7, 11) is -1.98. The molecule has 0 saturated carbocycles. The van der Waals surface area contributed by atoms with Crippen LogP contribution in [0, 0.1) is 5.92 Å². The van der Waals surface area contributed by atoms with E-state index in [9.17, 15) is 9.59 Å². The van der Waals surface area contributed by atoms with Gasteiger partial charge in [0.25, 0.3) is 0 Å². The van der Waals surface area contributed by atoms with Crippen LogP contribution in [0.5, 0.6) is 0 Å². The van der Waals surface area contributed by atoms with Crippen molar-refractivity contribution in [1.29, 1.82) is 0 Å². The Kier molecular flexibility index (Phi) is 5.88. The Bertz CT molecular complexity index is 602. The summed E-state index contributed by atoms with van der Waals surface area (Å²) in [6.07, 6.45) is 1.30. The summed E-state index contributed by atoms with van der Waals surface area (Å²) in [5.41, 5.74) is 0. The van der Waals surface area contributed by atoms with E-state index in [2.05, 4.69) is 40.4 Å². The second-order valence-electron chi connectivity index (χ2n) is 8.00. The van der Waals surface area contributed by atoms with E-state index in [4.69, 9.17) is 21.4 Å². The van der Waals surface area contributed by atoms with Gasteiger partial charge in [-0.25, -0.2) is 4.79 Å². The van der Waals surface area contributed by atoms with Crippen LogP contribution in [-0.2, 0) is 18.8 Å². The van der Waals surface area contributed by atoms with Crippen molar-refractivity contribution in [3.05, 3.63) is 12.7 Å². The molecule has 0 N–H and O–H groups in total. The van der Waals surface area contributed by atoms with Crippen LogP contribution >= 0.6 is 24.0 Å². The predicted molar refractivity (Wildman–Crippen MR) is 107 cm³/mol. The van der Waals surface area contributed by atoms with Gasteiger partial charge in [-0.2, -0.15) is 0 Å². The van der Waals surface area contributed by atoms with Gasteiger partial charge < -0.3 is 14.1 Å². The molecular formula is C17H27NO4S2Si. The third kappa shape index (κ3) is 3.72. The van der Waals surface area contributed by atoms with Gasteiger partial charge in [0.15, 0.2) is 14.4 Å². The molecule has 2 rings (SSSR count).